The molecule has 0 saturated heterocycles. The third-order valence-corrected chi connectivity index (χ3v) is 3.55. The zero-order valence-electron chi connectivity index (χ0n) is 11.8. The number of rotatable bonds is 5. The molecule has 0 fully saturated rings. The SMILES string of the molecule is O=Cc1ccc(C(=O)OCC(=O)NNC(=O)c2cccs2)cc1. The summed E-state index contributed by atoms with van der Waals surface area (Å²) in [5.41, 5.74) is 4.99. The fourth-order valence-electron chi connectivity index (χ4n) is 1.54. The van der Waals surface area contributed by atoms with Crippen molar-refractivity contribution in [3.63, 3.8) is 0 Å². The first-order chi connectivity index (χ1) is 11.1. The molecule has 1 aromatic heterocycles. The third kappa shape index (κ3) is 4.75. The predicted octanol–water partition coefficient (Wildman–Crippen LogP) is 1.18. The Kier molecular flexibility index (Phi) is 5.59. The number of thiophene rings is 1. The molecule has 0 aliphatic heterocycles. The summed E-state index contributed by atoms with van der Waals surface area (Å²) < 4.78 is 4.80. The lowest BCUT2D eigenvalue weighted by atomic mass is 10.1. The molecule has 2 rings (SSSR count). The first kappa shape index (κ1) is 16.4. The molecule has 7 nitrogen and oxygen atoms in total. The minimum absolute atomic E-state index is 0.214. The molecule has 1 aromatic carbocycles. The number of aldehydes is 1. The maximum absolute atomic E-state index is 11.7. The van der Waals surface area contributed by atoms with Crippen molar-refractivity contribution in [2.45, 2.75) is 0 Å². The van der Waals surface area contributed by atoms with Crippen LogP contribution in [0.1, 0.15) is 30.4 Å². The molecule has 8 heteroatoms. The molecule has 0 spiro atoms. The molecular formula is C15H12N2O5S. The van der Waals surface area contributed by atoms with E-state index in [9.17, 15) is 19.2 Å². The van der Waals surface area contributed by atoms with E-state index in [4.69, 9.17) is 4.74 Å². The summed E-state index contributed by atoms with van der Waals surface area (Å²) in [4.78, 5) is 45.7. The number of amides is 2. The Hall–Kier alpha value is -3.00. The average Bonchev–Trinajstić information content (AvgIpc) is 3.12. The van der Waals surface area contributed by atoms with E-state index in [0.29, 0.717) is 16.7 Å². The van der Waals surface area contributed by atoms with Gasteiger partial charge in [-0.05, 0) is 23.6 Å². The van der Waals surface area contributed by atoms with Crippen molar-refractivity contribution in [1.82, 2.24) is 10.9 Å². The van der Waals surface area contributed by atoms with Gasteiger partial charge in [0.2, 0.25) is 0 Å². The van der Waals surface area contributed by atoms with E-state index < -0.39 is 24.4 Å². The molecule has 2 amide bonds. The lowest BCUT2D eigenvalue weighted by Gasteiger charge is -2.07. The summed E-state index contributed by atoms with van der Waals surface area (Å²) >= 11 is 1.23. The van der Waals surface area contributed by atoms with Crippen LogP contribution < -0.4 is 10.9 Å². The smallest absolute Gasteiger partial charge is 0.338 e. The van der Waals surface area contributed by atoms with E-state index in [0.717, 1.165) is 0 Å². The number of ether oxygens (including phenoxy) is 1. The zero-order chi connectivity index (χ0) is 16.7. The molecule has 0 bridgehead atoms. The van der Waals surface area contributed by atoms with Gasteiger partial charge in [0.25, 0.3) is 11.8 Å². The van der Waals surface area contributed by atoms with Crippen LogP contribution >= 0.6 is 11.3 Å². The topological polar surface area (TPSA) is 102 Å². The van der Waals surface area contributed by atoms with Crippen LogP contribution in [0.5, 0.6) is 0 Å². The van der Waals surface area contributed by atoms with Crippen molar-refractivity contribution in [1.29, 1.82) is 0 Å². The minimum atomic E-state index is -0.706. The van der Waals surface area contributed by atoms with E-state index in [1.165, 1.54) is 35.6 Å². The standard InChI is InChI=1S/C15H12N2O5S/c18-8-10-3-5-11(6-4-10)15(21)22-9-13(19)16-17-14(20)12-2-1-7-23-12/h1-8H,9H2,(H,16,19)(H,17,20). The molecule has 0 aliphatic rings. The number of hydrazine groups is 1. The highest BCUT2D eigenvalue weighted by Gasteiger charge is 2.11. The van der Waals surface area contributed by atoms with Gasteiger partial charge >= 0.3 is 5.97 Å². The second-order valence-corrected chi connectivity index (χ2v) is 5.24. The Labute approximate surface area is 135 Å². The van der Waals surface area contributed by atoms with Crippen molar-refractivity contribution in [2.24, 2.45) is 0 Å². The first-order valence-electron chi connectivity index (χ1n) is 6.45. The lowest BCUT2D eigenvalue weighted by molar-refractivity contribution is -0.125. The van der Waals surface area contributed by atoms with E-state index >= 15 is 0 Å². The number of hydrogen-bond donors (Lipinski definition) is 2. The third-order valence-electron chi connectivity index (χ3n) is 2.68. The van der Waals surface area contributed by atoms with Crippen LogP contribution in [-0.4, -0.2) is 30.7 Å². The van der Waals surface area contributed by atoms with Crippen LogP contribution in [0.25, 0.3) is 0 Å². The lowest BCUT2D eigenvalue weighted by Crippen LogP contribution is -2.43. The number of carbonyl (C=O) groups excluding carboxylic acids is 4. The van der Waals surface area contributed by atoms with Gasteiger partial charge in [-0.25, -0.2) is 4.79 Å². The molecule has 0 radical (unpaired) electrons. The fourth-order valence-corrected chi connectivity index (χ4v) is 2.16. The van der Waals surface area contributed by atoms with Crippen molar-refractivity contribution in [2.75, 3.05) is 6.61 Å². The monoisotopic (exact) mass is 332 g/mol. The minimum Gasteiger partial charge on any atom is -0.452 e. The fraction of sp³-hybridized carbons (Fsp3) is 0.0667. The van der Waals surface area contributed by atoms with Gasteiger partial charge in [-0.3, -0.25) is 25.2 Å². The Morgan fingerprint density at radius 1 is 1.09 bits per heavy atom. The van der Waals surface area contributed by atoms with Gasteiger partial charge < -0.3 is 4.74 Å². The molecule has 118 valence electrons. The predicted molar refractivity (Wildman–Crippen MR) is 82.0 cm³/mol. The maximum Gasteiger partial charge on any atom is 0.338 e. The Bertz CT molecular complexity index is 710. The summed E-state index contributed by atoms with van der Waals surface area (Å²) in [7, 11) is 0. The Balaban J connectivity index is 1.76. The van der Waals surface area contributed by atoms with Crippen LogP contribution in [0.3, 0.4) is 0 Å². The summed E-state index contributed by atoms with van der Waals surface area (Å²) in [6.45, 7) is -0.543. The normalized spacial score (nSPS) is 9.74. The molecule has 0 aliphatic carbocycles. The zero-order valence-corrected chi connectivity index (χ0v) is 12.6. The van der Waals surface area contributed by atoms with Crippen LogP contribution in [-0.2, 0) is 9.53 Å². The van der Waals surface area contributed by atoms with E-state index in [-0.39, 0.29) is 5.56 Å². The van der Waals surface area contributed by atoms with Crippen molar-refractivity contribution < 1.29 is 23.9 Å². The molecular weight excluding hydrogens is 320 g/mol. The molecule has 0 saturated carbocycles. The molecule has 2 N–H and O–H groups in total. The summed E-state index contributed by atoms with van der Waals surface area (Å²) in [5, 5.41) is 1.73. The Morgan fingerprint density at radius 2 is 1.83 bits per heavy atom. The van der Waals surface area contributed by atoms with Gasteiger partial charge in [-0.15, -0.1) is 11.3 Å². The average molecular weight is 332 g/mol. The van der Waals surface area contributed by atoms with Gasteiger partial charge in [0.1, 0.15) is 6.29 Å². The van der Waals surface area contributed by atoms with E-state index in [1.807, 2.05) is 0 Å². The van der Waals surface area contributed by atoms with Crippen LogP contribution in [0.2, 0.25) is 0 Å². The molecule has 0 atom stereocenters. The van der Waals surface area contributed by atoms with E-state index in [2.05, 4.69) is 10.9 Å². The highest BCUT2D eigenvalue weighted by Crippen LogP contribution is 2.07. The van der Waals surface area contributed by atoms with Gasteiger partial charge in [0.05, 0.1) is 10.4 Å². The largest absolute Gasteiger partial charge is 0.452 e. The van der Waals surface area contributed by atoms with Crippen LogP contribution in [0.4, 0.5) is 0 Å². The second kappa shape index (κ2) is 7.85. The number of benzene rings is 1. The number of carbonyl (C=O) groups is 4. The Morgan fingerprint density at radius 3 is 2.43 bits per heavy atom. The quantitative estimate of drug-likeness (QED) is 0.486. The summed E-state index contributed by atoms with van der Waals surface area (Å²) in [6.07, 6.45) is 0.652. The molecule has 2 aromatic rings. The summed E-state index contributed by atoms with van der Waals surface area (Å²) in [6, 6.07) is 9.08. The van der Waals surface area contributed by atoms with Crippen LogP contribution in [0.15, 0.2) is 41.8 Å². The number of hydrogen-bond acceptors (Lipinski definition) is 6. The van der Waals surface area contributed by atoms with Crippen molar-refractivity contribution in [3.05, 3.63) is 57.8 Å². The van der Waals surface area contributed by atoms with Gasteiger partial charge in [-0.1, -0.05) is 18.2 Å². The van der Waals surface area contributed by atoms with Gasteiger partial charge in [0.15, 0.2) is 6.61 Å². The summed E-state index contributed by atoms with van der Waals surface area (Å²) in [5.74, 6) is -1.83. The second-order valence-electron chi connectivity index (χ2n) is 4.30. The van der Waals surface area contributed by atoms with Crippen molar-refractivity contribution in [3.8, 4) is 0 Å². The van der Waals surface area contributed by atoms with Gasteiger partial charge in [0, 0.05) is 5.56 Å². The number of nitrogens with one attached hydrogen (secondary N) is 2. The van der Waals surface area contributed by atoms with Gasteiger partial charge in [-0.2, -0.15) is 0 Å². The highest BCUT2D eigenvalue weighted by atomic mass is 32.1. The first-order valence-corrected chi connectivity index (χ1v) is 7.33. The van der Waals surface area contributed by atoms with Crippen molar-refractivity contribution >= 4 is 35.4 Å². The molecule has 0 unspecified atom stereocenters. The van der Waals surface area contributed by atoms with E-state index in [1.54, 1.807) is 17.5 Å². The van der Waals surface area contributed by atoms with Crippen LogP contribution in [0, 0.1) is 0 Å². The number of esters is 1. The highest BCUT2D eigenvalue weighted by molar-refractivity contribution is 7.12. The molecule has 1 heterocycles. The molecule has 23 heavy (non-hydrogen) atoms. The maximum atomic E-state index is 11.7.